The summed E-state index contributed by atoms with van der Waals surface area (Å²) in [5.41, 5.74) is 2.19. The summed E-state index contributed by atoms with van der Waals surface area (Å²) in [7, 11) is 0. The van der Waals surface area contributed by atoms with Gasteiger partial charge in [0.2, 0.25) is 5.91 Å². The van der Waals surface area contributed by atoms with Gasteiger partial charge in [-0.15, -0.1) is 0 Å². The second-order valence-corrected chi connectivity index (χ2v) is 5.29. The van der Waals surface area contributed by atoms with Crippen LogP contribution in [0, 0.1) is 0 Å². The van der Waals surface area contributed by atoms with Crippen molar-refractivity contribution in [3.8, 4) is 0 Å². The molecule has 0 fully saturated rings. The molecule has 2 rings (SSSR count). The lowest BCUT2D eigenvalue weighted by atomic mass is 9.97. The number of unbranched alkanes of at least 4 members (excludes halogenated alkanes) is 1. The third kappa shape index (κ3) is 4.95. The van der Waals surface area contributed by atoms with Crippen LogP contribution in [0.5, 0.6) is 0 Å². The van der Waals surface area contributed by atoms with E-state index >= 15 is 0 Å². The van der Waals surface area contributed by atoms with Crippen molar-refractivity contribution in [2.45, 2.75) is 37.8 Å². The SMILES string of the molecule is O=C(CC1CNc2ccccc21)NCCCCC(F)(F)F. The number of benzene rings is 1. The Morgan fingerprint density at radius 2 is 2.05 bits per heavy atom. The van der Waals surface area contributed by atoms with Gasteiger partial charge in [0.05, 0.1) is 0 Å². The number of hydrogen-bond acceptors (Lipinski definition) is 2. The minimum Gasteiger partial charge on any atom is -0.384 e. The first-order valence-electron chi connectivity index (χ1n) is 7.12. The van der Waals surface area contributed by atoms with Crippen LogP contribution in [0.3, 0.4) is 0 Å². The standard InChI is InChI=1S/C15H19F3N2O/c16-15(17,18)7-3-4-8-19-14(21)9-11-10-20-13-6-2-1-5-12(11)13/h1-2,5-6,11,20H,3-4,7-10H2,(H,19,21). The molecule has 2 N–H and O–H groups in total. The predicted octanol–water partition coefficient (Wildman–Crippen LogP) is 3.43. The number of carbonyl (C=O) groups excluding carboxylic acids is 1. The molecule has 116 valence electrons. The van der Waals surface area contributed by atoms with Crippen LogP contribution in [-0.2, 0) is 4.79 Å². The van der Waals surface area contributed by atoms with Crippen LogP contribution >= 0.6 is 0 Å². The first kappa shape index (κ1) is 15.7. The maximum atomic E-state index is 12.0. The molecule has 0 spiro atoms. The molecular weight excluding hydrogens is 281 g/mol. The van der Waals surface area contributed by atoms with Gasteiger partial charge in [-0.1, -0.05) is 18.2 Å². The number of alkyl halides is 3. The van der Waals surface area contributed by atoms with Crippen molar-refractivity contribution in [1.82, 2.24) is 5.32 Å². The molecule has 0 radical (unpaired) electrons. The zero-order valence-electron chi connectivity index (χ0n) is 11.7. The highest BCUT2D eigenvalue weighted by Gasteiger charge is 2.26. The van der Waals surface area contributed by atoms with Crippen molar-refractivity contribution < 1.29 is 18.0 Å². The van der Waals surface area contributed by atoms with E-state index in [0.717, 1.165) is 17.8 Å². The Morgan fingerprint density at radius 3 is 2.81 bits per heavy atom. The lowest BCUT2D eigenvalue weighted by Crippen LogP contribution is -2.26. The summed E-state index contributed by atoms with van der Waals surface area (Å²) in [6.45, 7) is 1.03. The van der Waals surface area contributed by atoms with E-state index in [1.807, 2.05) is 24.3 Å². The molecule has 0 saturated heterocycles. The zero-order valence-corrected chi connectivity index (χ0v) is 11.7. The maximum Gasteiger partial charge on any atom is 0.389 e. The van der Waals surface area contributed by atoms with Crippen molar-refractivity contribution in [1.29, 1.82) is 0 Å². The normalized spacial score (nSPS) is 17.2. The Bertz CT molecular complexity index is 488. The van der Waals surface area contributed by atoms with Gasteiger partial charge in [0.25, 0.3) is 0 Å². The smallest absolute Gasteiger partial charge is 0.384 e. The topological polar surface area (TPSA) is 41.1 Å². The van der Waals surface area contributed by atoms with Crippen LogP contribution in [0.4, 0.5) is 18.9 Å². The van der Waals surface area contributed by atoms with E-state index in [4.69, 9.17) is 0 Å². The summed E-state index contributed by atoms with van der Waals surface area (Å²) in [6.07, 6.45) is -4.13. The molecule has 6 heteroatoms. The average molecular weight is 300 g/mol. The highest BCUT2D eigenvalue weighted by molar-refractivity contribution is 5.78. The molecule has 0 saturated carbocycles. The fourth-order valence-electron chi connectivity index (χ4n) is 2.51. The van der Waals surface area contributed by atoms with Crippen molar-refractivity contribution in [3.05, 3.63) is 29.8 Å². The van der Waals surface area contributed by atoms with Crippen LogP contribution in [0.1, 0.15) is 37.2 Å². The summed E-state index contributed by atoms with van der Waals surface area (Å²) in [4.78, 5) is 11.8. The molecule has 0 aliphatic carbocycles. The number of para-hydroxylation sites is 1. The van der Waals surface area contributed by atoms with Crippen molar-refractivity contribution in [3.63, 3.8) is 0 Å². The van der Waals surface area contributed by atoms with Crippen LogP contribution in [-0.4, -0.2) is 25.2 Å². The van der Waals surface area contributed by atoms with Crippen molar-refractivity contribution in [2.24, 2.45) is 0 Å². The molecule has 0 bridgehead atoms. The molecule has 1 atom stereocenters. The second-order valence-electron chi connectivity index (χ2n) is 5.29. The first-order valence-corrected chi connectivity index (χ1v) is 7.12. The first-order chi connectivity index (χ1) is 9.96. The molecule has 1 heterocycles. The highest BCUT2D eigenvalue weighted by atomic mass is 19.4. The Balaban J connectivity index is 1.67. The number of rotatable bonds is 6. The second kappa shape index (κ2) is 6.83. The Morgan fingerprint density at radius 1 is 1.29 bits per heavy atom. The van der Waals surface area contributed by atoms with Gasteiger partial charge in [-0.2, -0.15) is 13.2 Å². The van der Waals surface area contributed by atoms with Crippen molar-refractivity contribution in [2.75, 3.05) is 18.4 Å². The van der Waals surface area contributed by atoms with Gasteiger partial charge in [0.15, 0.2) is 0 Å². The van der Waals surface area contributed by atoms with E-state index in [1.165, 1.54) is 0 Å². The van der Waals surface area contributed by atoms with Gasteiger partial charge in [-0.05, 0) is 24.5 Å². The molecule has 1 aliphatic heterocycles. The largest absolute Gasteiger partial charge is 0.389 e. The van der Waals surface area contributed by atoms with Crippen molar-refractivity contribution >= 4 is 11.6 Å². The molecule has 0 aromatic heterocycles. The van der Waals surface area contributed by atoms with E-state index in [1.54, 1.807) is 0 Å². The number of fused-ring (bicyclic) bond motifs is 1. The highest BCUT2D eigenvalue weighted by Crippen LogP contribution is 2.33. The molecule has 1 aromatic carbocycles. The number of hydrogen-bond donors (Lipinski definition) is 2. The number of anilines is 1. The van der Waals surface area contributed by atoms with Gasteiger partial charge in [-0.3, -0.25) is 4.79 Å². The van der Waals surface area contributed by atoms with Gasteiger partial charge >= 0.3 is 6.18 Å². The minimum absolute atomic E-state index is 0.0532. The third-order valence-corrected chi connectivity index (χ3v) is 3.58. The quantitative estimate of drug-likeness (QED) is 0.790. The predicted molar refractivity (Wildman–Crippen MR) is 75.2 cm³/mol. The Hall–Kier alpha value is -1.72. The monoisotopic (exact) mass is 300 g/mol. The lowest BCUT2D eigenvalue weighted by Gasteiger charge is -2.11. The van der Waals surface area contributed by atoms with E-state index < -0.39 is 12.6 Å². The van der Waals surface area contributed by atoms with Gasteiger partial charge in [0, 0.05) is 37.5 Å². The van der Waals surface area contributed by atoms with Crippen LogP contribution < -0.4 is 10.6 Å². The average Bonchev–Trinajstić information content (AvgIpc) is 2.81. The number of amides is 1. The summed E-state index contributed by atoms with van der Waals surface area (Å²) >= 11 is 0. The lowest BCUT2D eigenvalue weighted by molar-refractivity contribution is -0.135. The summed E-state index contributed by atoms with van der Waals surface area (Å²) in [5, 5.41) is 5.94. The zero-order chi connectivity index (χ0) is 15.3. The summed E-state index contributed by atoms with van der Waals surface area (Å²) < 4.78 is 35.9. The van der Waals surface area contributed by atoms with Gasteiger partial charge < -0.3 is 10.6 Å². The molecule has 21 heavy (non-hydrogen) atoms. The molecule has 1 aliphatic rings. The van der Waals surface area contributed by atoms with E-state index in [9.17, 15) is 18.0 Å². The third-order valence-electron chi connectivity index (χ3n) is 3.58. The maximum absolute atomic E-state index is 12.0. The minimum atomic E-state index is -4.11. The molecular formula is C15H19F3N2O. The van der Waals surface area contributed by atoms with E-state index in [-0.39, 0.29) is 18.2 Å². The molecule has 3 nitrogen and oxygen atoms in total. The van der Waals surface area contributed by atoms with Crippen LogP contribution in [0.2, 0.25) is 0 Å². The molecule has 1 aromatic rings. The van der Waals surface area contributed by atoms with Gasteiger partial charge in [0.1, 0.15) is 0 Å². The fourth-order valence-corrected chi connectivity index (χ4v) is 2.51. The Kier molecular flexibility index (Phi) is 5.09. The summed E-state index contributed by atoms with van der Waals surface area (Å²) in [5.74, 6) is 0.0295. The van der Waals surface area contributed by atoms with E-state index in [0.29, 0.717) is 19.4 Å². The van der Waals surface area contributed by atoms with E-state index in [2.05, 4.69) is 10.6 Å². The fraction of sp³-hybridized carbons (Fsp3) is 0.533. The molecule has 1 amide bonds. The van der Waals surface area contributed by atoms with Gasteiger partial charge in [-0.25, -0.2) is 0 Å². The number of carbonyl (C=O) groups is 1. The number of nitrogens with one attached hydrogen (secondary N) is 2. The summed E-state index contributed by atoms with van der Waals surface area (Å²) in [6, 6.07) is 7.85. The van der Waals surface area contributed by atoms with Crippen LogP contribution in [0.15, 0.2) is 24.3 Å². The Labute approximate surface area is 121 Å². The molecule has 1 unspecified atom stereocenters. The van der Waals surface area contributed by atoms with Crippen LogP contribution in [0.25, 0.3) is 0 Å². The number of halogens is 3.